The highest BCUT2D eigenvalue weighted by molar-refractivity contribution is 5.68. The predicted octanol–water partition coefficient (Wildman–Crippen LogP) is 4.78. The van der Waals surface area contributed by atoms with Gasteiger partial charge in [0.1, 0.15) is 11.2 Å². The van der Waals surface area contributed by atoms with Crippen molar-refractivity contribution in [3.05, 3.63) is 0 Å². The molecule has 2 aliphatic heterocycles. The third kappa shape index (κ3) is 13.0. The van der Waals surface area contributed by atoms with Gasteiger partial charge in [0.25, 0.3) is 0 Å². The smallest absolute Gasteiger partial charge is 0.410 e. The lowest BCUT2D eigenvalue weighted by Crippen LogP contribution is -2.47. The molecule has 9 heteroatoms. The zero-order valence-electron chi connectivity index (χ0n) is 23.1. The van der Waals surface area contributed by atoms with E-state index < -0.39 is 24.0 Å². The maximum atomic E-state index is 11.8. The van der Waals surface area contributed by atoms with Crippen LogP contribution in [0.4, 0.5) is 14.0 Å². The molecule has 2 heterocycles. The Labute approximate surface area is 201 Å². The Balaban J connectivity index is 0.000000575. The topological polar surface area (TPSA) is 88.5 Å². The fourth-order valence-corrected chi connectivity index (χ4v) is 3.19. The largest absolute Gasteiger partial charge is 0.444 e. The molecule has 2 rings (SSSR count). The molecule has 0 bridgehead atoms. The second kappa shape index (κ2) is 12.7. The lowest BCUT2D eigenvalue weighted by atomic mass is 9.94. The molecule has 2 amide bonds. The van der Waals surface area contributed by atoms with Crippen LogP contribution in [0.1, 0.15) is 82.4 Å². The van der Waals surface area contributed by atoms with Crippen molar-refractivity contribution in [3.63, 3.8) is 0 Å². The van der Waals surface area contributed by atoms with Gasteiger partial charge in [0.05, 0.1) is 19.7 Å². The number of ether oxygens (including phenoxy) is 3. The third-order valence-electron chi connectivity index (χ3n) is 5.46. The van der Waals surface area contributed by atoms with Crippen molar-refractivity contribution in [3.8, 4) is 0 Å². The van der Waals surface area contributed by atoms with Crippen LogP contribution in [0, 0.1) is 0 Å². The molecular formula is C24H47FN2O6. The Morgan fingerprint density at radius 3 is 1.42 bits per heavy atom. The van der Waals surface area contributed by atoms with Crippen molar-refractivity contribution in [2.45, 2.75) is 103 Å². The van der Waals surface area contributed by atoms with Crippen LogP contribution in [0.25, 0.3) is 0 Å². The monoisotopic (exact) mass is 479 g/mol. The molecule has 0 aromatic rings. The molecule has 2 saturated heterocycles. The van der Waals surface area contributed by atoms with Gasteiger partial charge in [0.15, 0.2) is 0 Å². The molecule has 0 aromatic heterocycles. The van der Waals surface area contributed by atoms with Gasteiger partial charge < -0.3 is 29.1 Å². The first-order valence-electron chi connectivity index (χ1n) is 12.2. The van der Waals surface area contributed by atoms with Crippen molar-refractivity contribution in [1.82, 2.24) is 9.80 Å². The highest BCUT2D eigenvalue weighted by atomic mass is 19.1. The van der Waals surface area contributed by atoms with E-state index in [1.165, 1.54) is 0 Å². The summed E-state index contributed by atoms with van der Waals surface area (Å²) in [4.78, 5) is 26.8. The maximum Gasteiger partial charge on any atom is 0.410 e. The number of carbonyl (C=O) groups excluding carboxylic acids is 2. The first kappa shape index (κ1) is 29.4. The quantitative estimate of drug-likeness (QED) is 0.582. The first-order chi connectivity index (χ1) is 15.4. The Morgan fingerprint density at radius 1 is 0.848 bits per heavy atom. The average Bonchev–Trinajstić information content (AvgIpc) is 2.67. The summed E-state index contributed by atoms with van der Waals surface area (Å²) in [6.45, 7) is 17.7. The summed E-state index contributed by atoms with van der Waals surface area (Å²) in [5.41, 5.74) is -1.58. The van der Waals surface area contributed by atoms with E-state index in [4.69, 9.17) is 15.6 Å². The van der Waals surface area contributed by atoms with Crippen molar-refractivity contribution in [1.29, 1.82) is 0 Å². The molecule has 196 valence electrons. The van der Waals surface area contributed by atoms with Crippen LogP contribution in [-0.4, -0.2) is 89.9 Å². The van der Waals surface area contributed by atoms with Gasteiger partial charge in [-0.1, -0.05) is 0 Å². The second-order valence-electron chi connectivity index (χ2n) is 11.1. The molecule has 8 nitrogen and oxygen atoms in total. The zero-order valence-corrected chi connectivity index (χ0v) is 22.1. The lowest BCUT2D eigenvalue weighted by molar-refractivity contribution is -0.0479. The minimum absolute atomic E-state index is 0.0848. The van der Waals surface area contributed by atoms with E-state index in [1.54, 1.807) is 23.8 Å². The standard InChI is InChI=1S/C12H23NO3.C11H21NO3.CH3F/c1-11(2,3)16-10(14)13-8-6-12(4,15-5)7-9-13;1-10(2,3)15-9(13)12-7-5-11(4,14)6-8-12;1-2/h6-9H2,1-5H3;14H,5-8H2,1-4H3;1H3/i;;1D. The highest BCUT2D eigenvalue weighted by Gasteiger charge is 2.33. The second-order valence-corrected chi connectivity index (χ2v) is 11.1. The first-order valence-corrected chi connectivity index (χ1v) is 11.5. The summed E-state index contributed by atoms with van der Waals surface area (Å²) >= 11 is 0. The van der Waals surface area contributed by atoms with Gasteiger partial charge in [-0.2, -0.15) is 0 Å². The minimum Gasteiger partial charge on any atom is -0.444 e. The van der Waals surface area contributed by atoms with Gasteiger partial charge >= 0.3 is 12.2 Å². The van der Waals surface area contributed by atoms with Crippen LogP contribution >= 0.6 is 0 Å². The molecule has 33 heavy (non-hydrogen) atoms. The van der Waals surface area contributed by atoms with Gasteiger partial charge in [0, 0.05) is 33.3 Å². The SMILES string of the molecule is CC1(O)CCN(C(=O)OC(C)(C)C)CC1.COC1(C)CCN(C(=O)OC(C)(C)C)CC1.[2H]CF. The number of rotatable bonds is 1. The number of nitrogens with zero attached hydrogens (tertiary/aromatic N) is 2. The minimum atomic E-state index is -1.00. The molecular weight excluding hydrogens is 431 g/mol. The summed E-state index contributed by atoms with van der Waals surface area (Å²) in [7, 11) is 0.725. The molecule has 0 spiro atoms. The van der Waals surface area contributed by atoms with E-state index in [1.807, 2.05) is 41.5 Å². The predicted molar refractivity (Wildman–Crippen MR) is 127 cm³/mol. The van der Waals surface area contributed by atoms with Crippen LogP contribution in [0.2, 0.25) is 0 Å². The summed E-state index contributed by atoms with van der Waals surface area (Å²) in [6.07, 6.45) is 2.47. The van der Waals surface area contributed by atoms with E-state index in [0.717, 1.165) is 12.8 Å². The summed E-state index contributed by atoms with van der Waals surface area (Å²) in [5, 5.41) is 9.73. The van der Waals surface area contributed by atoms with Crippen LogP contribution in [0.15, 0.2) is 0 Å². The Hall–Kier alpha value is -1.61. The molecule has 1 N–H and O–H groups in total. The number of halogens is 1. The van der Waals surface area contributed by atoms with E-state index in [0.29, 0.717) is 39.0 Å². The summed E-state index contributed by atoms with van der Waals surface area (Å²) in [5.74, 6) is 0. The summed E-state index contributed by atoms with van der Waals surface area (Å²) in [6, 6.07) is 0. The lowest BCUT2D eigenvalue weighted by Gasteiger charge is -2.38. The van der Waals surface area contributed by atoms with Crippen molar-refractivity contribution >= 4 is 12.2 Å². The number of likely N-dealkylation sites (tertiary alicyclic amines) is 2. The van der Waals surface area contributed by atoms with E-state index in [2.05, 4.69) is 6.92 Å². The highest BCUT2D eigenvalue weighted by Crippen LogP contribution is 2.26. The van der Waals surface area contributed by atoms with Gasteiger partial charge in [0.2, 0.25) is 0 Å². The molecule has 0 radical (unpaired) electrons. The van der Waals surface area contributed by atoms with Crippen molar-refractivity contribution in [2.75, 3.05) is 40.4 Å². The average molecular weight is 480 g/mol. The Kier molecular flexibility index (Phi) is 11.4. The van der Waals surface area contributed by atoms with E-state index >= 15 is 0 Å². The zero-order chi connectivity index (χ0) is 26.8. The number of methoxy groups -OCH3 is 1. The van der Waals surface area contributed by atoms with Gasteiger partial charge in [-0.3, -0.25) is 4.39 Å². The molecule has 0 aromatic carbocycles. The Morgan fingerprint density at radius 2 is 1.15 bits per heavy atom. The van der Waals surface area contributed by atoms with Gasteiger partial charge in [-0.25, -0.2) is 9.59 Å². The molecule has 0 saturated carbocycles. The van der Waals surface area contributed by atoms with E-state index in [-0.39, 0.29) is 17.8 Å². The number of amides is 2. The molecule has 0 aliphatic carbocycles. The number of piperidine rings is 2. The fraction of sp³-hybridized carbons (Fsp3) is 0.917. The summed E-state index contributed by atoms with van der Waals surface area (Å²) < 4.78 is 31.5. The fourth-order valence-electron chi connectivity index (χ4n) is 3.19. The van der Waals surface area contributed by atoms with Gasteiger partial charge in [-0.15, -0.1) is 0 Å². The third-order valence-corrected chi connectivity index (χ3v) is 5.46. The van der Waals surface area contributed by atoms with Crippen LogP contribution in [0.5, 0.6) is 0 Å². The molecule has 2 fully saturated rings. The van der Waals surface area contributed by atoms with Crippen LogP contribution < -0.4 is 0 Å². The van der Waals surface area contributed by atoms with Crippen LogP contribution in [0.3, 0.4) is 0 Å². The van der Waals surface area contributed by atoms with Crippen molar-refractivity contribution < 1.29 is 34.7 Å². The number of hydrogen-bond donors (Lipinski definition) is 1. The molecule has 0 unspecified atom stereocenters. The van der Waals surface area contributed by atoms with E-state index in [9.17, 15) is 19.1 Å². The number of aliphatic hydroxyl groups is 1. The van der Waals surface area contributed by atoms with Crippen molar-refractivity contribution in [2.24, 2.45) is 0 Å². The van der Waals surface area contributed by atoms with Crippen LogP contribution in [-0.2, 0) is 14.2 Å². The number of carbonyl (C=O) groups is 2. The molecule has 0 atom stereocenters. The number of alkyl halides is 1. The van der Waals surface area contributed by atoms with Gasteiger partial charge in [-0.05, 0) is 81.1 Å². The Bertz CT molecular complexity index is 616. The maximum absolute atomic E-state index is 11.8. The molecule has 2 aliphatic rings. The number of hydrogen-bond acceptors (Lipinski definition) is 6. The normalized spacial score (nSPS) is 20.3.